The van der Waals surface area contributed by atoms with Crippen molar-refractivity contribution in [1.82, 2.24) is 0 Å². The van der Waals surface area contributed by atoms with Gasteiger partial charge in [-0.05, 0) is 59.4 Å². The van der Waals surface area contributed by atoms with Gasteiger partial charge in [-0.25, -0.2) is 0 Å². The summed E-state index contributed by atoms with van der Waals surface area (Å²) in [6.07, 6.45) is 6.07. The monoisotopic (exact) mass is 508 g/mol. The van der Waals surface area contributed by atoms with Crippen LogP contribution in [0.2, 0.25) is 0 Å². The number of hydrogen-bond donors (Lipinski definition) is 0. The highest BCUT2D eigenvalue weighted by Crippen LogP contribution is 2.78. The first kappa shape index (κ1) is 24.2. The fraction of sp³-hybridized carbons (Fsp3) is 0.355. The molecule has 6 rings (SSSR count). The van der Waals surface area contributed by atoms with E-state index in [4.69, 9.17) is 9.47 Å². The maximum Gasteiger partial charge on any atom is 0.326 e. The fourth-order valence-electron chi connectivity index (χ4n) is 8.31. The molecule has 7 heteroatoms. The summed E-state index contributed by atoms with van der Waals surface area (Å²) in [5.41, 5.74) is -0.927. The number of imide groups is 1. The Morgan fingerprint density at radius 2 is 1.63 bits per heavy atom. The number of rotatable bonds is 5. The first-order valence-electron chi connectivity index (χ1n) is 12.8. The fourth-order valence-corrected chi connectivity index (χ4v) is 8.31. The van der Waals surface area contributed by atoms with Crippen LogP contribution in [0.4, 0.5) is 5.69 Å². The number of methoxy groups -OCH3 is 2. The Labute approximate surface area is 221 Å². The molecule has 2 saturated carbocycles. The number of carbonyl (C=O) groups excluding carboxylic acids is 3. The second kappa shape index (κ2) is 8.42. The van der Waals surface area contributed by atoms with Gasteiger partial charge in [0.25, 0.3) is 0 Å². The first-order chi connectivity index (χ1) is 18.4. The van der Waals surface area contributed by atoms with Gasteiger partial charge in [0.1, 0.15) is 5.75 Å². The van der Waals surface area contributed by atoms with E-state index < -0.39 is 34.6 Å². The number of esters is 1. The molecule has 1 unspecified atom stereocenters. The molecule has 1 spiro atoms. The van der Waals surface area contributed by atoms with Crippen molar-refractivity contribution in [2.24, 2.45) is 40.4 Å². The Kier molecular flexibility index (Phi) is 5.36. The lowest BCUT2D eigenvalue weighted by Crippen LogP contribution is -2.45. The minimum atomic E-state index is -1.51. The van der Waals surface area contributed by atoms with Crippen molar-refractivity contribution < 1.29 is 23.9 Å². The van der Waals surface area contributed by atoms with E-state index in [0.29, 0.717) is 11.4 Å². The Morgan fingerprint density at radius 3 is 2.13 bits per heavy atom. The maximum absolute atomic E-state index is 13.9. The highest BCUT2D eigenvalue weighted by molar-refractivity contribution is 6.23. The molecule has 4 aliphatic rings. The molecular weight excluding hydrogens is 480 g/mol. The normalized spacial score (nSPS) is 36.4. The van der Waals surface area contributed by atoms with E-state index in [1.54, 1.807) is 37.5 Å². The first-order valence-corrected chi connectivity index (χ1v) is 12.8. The molecule has 38 heavy (non-hydrogen) atoms. The quantitative estimate of drug-likeness (QED) is 0.340. The van der Waals surface area contributed by atoms with E-state index in [9.17, 15) is 19.6 Å². The third-order valence-electron chi connectivity index (χ3n) is 9.53. The average Bonchev–Trinajstić information content (AvgIpc) is 3.65. The van der Waals surface area contributed by atoms with E-state index in [0.717, 1.165) is 5.56 Å². The van der Waals surface area contributed by atoms with E-state index in [-0.39, 0.29) is 36.0 Å². The molecule has 0 aromatic heterocycles. The van der Waals surface area contributed by atoms with Gasteiger partial charge in [-0.2, -0.15) is 5.26 Å². The van der Waals surface area contributed by atoms with Crippen LogP contribution in [0.3, 0.4) is 0 Å². The van der Waals surface area contributed by atoms with Gasteiger partial charge in [0.2, 0.25) is 11.8 Å². The van der Waals surface area contributed by atoms with Gasteiger partial charge in [0.05, 0.1) is 37.8 Å². The van der Waals surface area contributed by atoms with Gasteiger partial charge < -0.3 is 9.47 Å². The summed E-state index contributed by atoms with van der Waals surface area (Å²) in [4.78, 5) is 42.7. The zero-order valence-corrected chi connectivity index (χ0v) is 21.2. The van der Waals surface area contributed by atoms with E-state index in [2.05, 4.69) is 12.6 Å². The van der Waals surface area contributed by atoms with Crippen LogP contribution in [0.15, 0.2) is 79.4 Å². The van der Waals surface area contributed by atoms with Crippen molar-refractivity contribution in [2.75, 3.05) is 19.1 Å². The number of allylic oxidation sites excluding steroid dienone is 3. The van der Waals surface area contributed by atoms with Crippen LogP contribution in [0.25, 0.3) is 0 Å². The second-order valence-corrected chi connectivity index (χ2v) is 10.7. The number of anilines is 1. The molecule has 1 aliphatic heterocycles. The average molecular weight is 509 g/mol. The summed E-state index contributed by atoms with van der Waals surface area (Å²) < 4.78 is 10.6. The summed E-state index contributed by atoms with van der Waals surface area (Å²) >= 11 is 0. The second-order valence-electron chi connectivity index (χ2n) is 10.7. The highest BCUT2D eigenvalue weighted by Gasteiger charge is 2.79. The van der Waals surface area contributed by atoms with Crippen molar-refractivity contribution in [1.29, 1.82) is 5.26 Å². The van der Waals surface area contributed by atoms with Crippen LogP contribution in [-0.4, -0.2) is 32.0 Å². The molecule has 2 bridgehead atoms. The highest BCUT2D eigenvalue weighted by atomic mass is 16.5. The number of nitriles is 1. The van der Waals surface area contributed by atoms with E-state index in [1.807, 2.05) is 42.5 Å². The molecule has 2 aromatic rings. The van der Waals surface area contributed by atoms with Crippen LogP contribution in [0.1, 0.15) is 17.9 Å². The number of ether oxygens (including phenoxy) is 2. The van der Waals surface area contributed by atoms with Crippen molar-refractivity contribution in [3.05, 3.63) is 85.0 Å². The molecule has 192 valence electrons. The molecule has 7 nitrogen and oxygen atoms in total. The molecule has 1 heterocycles. The third kappa shape index (κ3) is 2.75. The number of hydrogen-bond acceptors (Lipinski definition) is 6. The summed E-state index contributed by atoms with van der Waals surface area (Å²) in [7, 11) is 2.87. The number of benzene rings is 2. The summed E-state index contributed by atoms with van der Waals surface area (Å²) in [6.45, 7) is 4.10. The molecular formula is C31H28N2O5. The molecule has 0 N–H and O–H groups in total. The summed E-state index contributed by atoms with van der Waals surface area (Å²) in [6, 6.07) is 18.7. The zero-order chi connectivity index (χ0) is 26.8. The lowest BCUT2D eigenvalue weighted by Gasteiger charge is -2.44. The molecule has 2 aromatic carbocycles. The van der Waals surface area contributed by atoms with Crippen molar-refractivity contribution in [2.45, 2.75) is 12.3 Å². The van der Waals surface area contributed by atoms with Gasteiger partial charge in [-0.1, -0.05) is 48.6 Å². The minimum Gasteiger partial charge on any atom is -0.497 e. The van der Waals surface area contributed by atoms with Crippen LogP contribution < -0.4 is 9.64 Å². The molecule has 3 aliphatic carbocycles. The molecule has 8 atom stereocenters. The lowest BCUT2D eigenvalue weighted by atomic mass is 9.58. The summed E-state index contributed by atoms with van der Waals surface area (Å²) in [5, 5.41) is 10.6. The molecule has 0 radical (unpaired) electrons. The molecule has 3 fully saturated rings. The number of amides is 2. The summed E-state index contributed by atoms with van der Waals surface area (Å²) in [5.74, 6) is -3.19. The lowest BCUT2D eigenvalue weighted by molar-refractivity contribution is -0.150. The standard InChI is InChI=1S/C31H28N2O5/c1-4-19-16-30(17-32,29(36)38-3)26(18-10-12-21(37-2)13-11-18)31(19)22-14-15-23(31)25-24(22)27(34)33(28(25)35)20-8-6-5-7-9-20/h4-15,19,22-26H,1,16H2,2-3H3/t19-,22-,23+,24+,25-,26-,30-,31?/m1/s1. The van der Waals surface area contributed by atoms with E-state index >= 15 is 0 Å². The van der Waals surface area contributed by atoms with Gasteiger partial charge in [0, 0.05) is 5.92 Å². The smallest absolute Gasteiger partial charge is 0.326 e. The van der Waals surface area contributed by atoms with Crippen molar-refractivity contribution >= 4 is 23.5 Å². The Hall–Kier alpha value is -4.18. The molecule has 1 saturated heterocycles. The van der Waals surface area contributed by atoms with Crippen LogP contribution >= 0.6 is 0 Å². The number of nitrogens with zero attached hydrogens (tertiary/aromatic N) is 2. The predicted octanol–water partition coefficient (Wildman–Crippen LogP) is 4.28. The zero-order valence-electron chi connectivity index (χ0n) is 21.2. The third-order valence-corrected chi connectivity index (χ3v) is 9.53. The Morgan fingerprint density at radius 1 is 1.03 bits per heavy atom. The SMILES string of the molecule is C=C[C@@H]1C[C@](C#N)(C(=O)OC)[C@@H](c2ccc(OC)cc2)C12[C@@H]1C=C[C@H]2[C@H]2C(=O)N(c3ccccc3)C(=O)[C@H]21. The van der Waals surface area contributed by atoms with Crippen LogP contribution in [-0.2, 0) is 19.1 Å². The Bertz CT molecular complexity index is 1380. The number of para-hydroxylation sites is 1. The van der Waals surface area contributed by atoms with E-state index in [1.165, 1.54) is 12.0 Å². The van der Waals surface area contributed by atoms with Crippen LogP contribution in [0, 0.1) is 51.8 Å². The van der Waals surface area contributed by atoms with Gasteiger partial charge in [0.15, 0.2) is 5.41 Å². The topological polar surface area (TPSA) is 96.7 Å². The maximum atomic E-state index is 13.9. The van der Waals surface area contributed by atoms with Gasteiger partial charge in [-0.3, -0.25) is 19.3 Å². The van der Waals surface area contributed by atoms with Crippen molar-refractivity contribution in [3.8, 4) is 11.8 Å². The Balaban J connectivity index is 1.55. The number of fused-ring (bicyclic) bond motifs is 3. The van der Waals surface area contributed by atoms with Crippen molar-refractivity contribution in [3.63, 3.8) is 0 Å². The number of carbonyl (C=O) groups is 3. The largest absolute Gasteiger partial charge is 0.497 e. The van der Waals surface area contributed by atoms with Crippen LogP contribution in [0.5, 0.6) is 5.75 Å². The predicted molar refractivity (Wildman–Crippen MR) is 139 cm³/mol. The van der Waals surface area contributed by atoms with Gasteiger partial charge in [-0.15, -0.1) is 6.58 Å². The van der Waals surface area contributed by atoms with Gasteiger partial charge >= 0.3 is 5.97 Å². The minimum absolute atomic E-state index is 0.204. The molecule has 2 amide bonds.